The van der Waals surface area contributed by atoms with Crippen LogP contribution in [0.3, 0.4) is 0 Å². The molecule has 1 saturated heterocycles. The number of aryl methyl sites for hydroxylation is 2. The number of rotatable bonds is 5. The minimum Gasteiger partial charge on any atom is -0.465 e. The van der Waals surface area contributed by atoms with Crippen LogP contribution in [0.5, 0.6) is 0 Å². The third-order valence-electron chi connectivity index (χ3n) is 6.36. The third kappa shape index (κ3) is 4.27. The standard InChI is InChI=1S/C25H28N2O6S/c1-15-14-20-17(3)21(24(28)27-12-6-5-7-13-27)33-22(20)23(16(15)2)34(30,31)26-19-10-8-18(9-11-19)25(29)32-4/h8-11,14,26H,5-7,12-13H2,1-4H3. The van der Waals surface area contributed by atoms with E-state index >= 15 is 0 Å². The summed E-state index contributed by atoms with van der Waals surface area (Å²) in [6.07, 6.45) is 2.99. The molecule has 4 rings (SSSR count). The van der Waals surface area contributed by atoms with Crippen molar-refractivity contribution in [1.82, 2.24) is 4.90 Å². The zero-order chi connectivity index (χ0) is 24.6. The molecule has 1 aliphatic rings. The van der Waals surface area contributed by atoms with Gasteiger partial charge in [-0.15, -0.1) is 0 Å². The molecule has 2 heterocycles. The van der Waals surface area contributed by atoms with E-state index in [2.05, 4.69) is 9.46 Å². The first-order valence-electron chi connectivity index (χ1n) is 11.2. The van der Waals surface area contributed by atoms with E-state index in [1.165, 1.54) is 31.4 Å². The molecule has 0 radical (unpaired) electrons. The van der Waals surface area contributed by atoms with E-state index in [1.807, 2.05) is 13.0 Å². The van der Waals surface area contributed by atoms with Gasteiger partial charge in [0.25, 0.3) is 15.9 Å². The van der Waals surface area contributed by atoms with Crippen LogP contribution >= 0.6 is 0 Å². The van der Waals surface area contributed by atoms with Gasteiger partial charge < -0.3 is 14.1 Å². The van der Waals surface area contributed by atoms with Crippen LogP contribution in [0, 0.1) is 20.8 Å². The molecule has 0 saturated carbocycles. The lowest BCUT2D eigenvalue weighted by Gasteiger charge is -2.25. The molecule has 2 aromatic carbocycles. The average molecular weight is 485 g/mol. The number of likely N-dealkylation sites (tertiary alicyclic amines) is 1. The Morgan fingerprint density at radius 3 is 2.26 bits per heavy atom. The number of hydrogen-bond acceptors (Lipinski definition) is 6. The number of carbonyl (C=O) groups is 2. The lowest BCUT2D eigenvalue weighted by atomic mass is 10.0. The van der Waals surface area contributed by atoms with Crippen LogP contribution in [-0.4, -0.2) is 45.4 Å². The van der Waals surface area contributed by atoms with Gasteiger partial charge in [0, 0.05) is 29.7 Å². The summed E-state index contributed by atoms with van der Waals surface area (Å²) < 4.78 is 40.2. The molecule has 8 nitrogen and oxygen atoms in total. The number of furan rings is 1. The lowest BCUT2D eigenvalue weighted by Crippen LogP contribution is -2.35. The molecular formula is C25H28N2O6S. The molecule has 1 amide bonds. The number of carbonyl (C=O) groups excluding carboxylic acids is 2. The van der Waals surface area contributed by atoms with Crippen LogP contribution in [0.1, 0.15) is 56.9 Å². The Balaban J connectivity index is 1.77. The molecule has 0 spiro atoms. The number of nitrogens with zero attached hydrogens (tertiary/aromatic N) is 1. The highest BCUT2D eigenvalue weighted by Crippen LogP contribution is 2.36. The predicted octanol–water partition coefficient (Wildman–Crippen LogP) is 4.57. The molecular weight excluding hydrogens is 456 g/mol. The second kappa shape index (κ2) is 9.13. The first-order chi connectivity index (χ1) is 16.1. The molecule has 1 aromatic heterocycles. The van der Waals surface area contributed by atoms with Gasteiger partial charge >= 0.3 is 5.97 Å². The van der Waals surface area contributed by atoms with E-state index in [1.54, 1.807) is 18.7 Å². The summed E-state index contributed by atoms with van der Waals surface area (Å²) in [7, 11) is -2.79. The Kier molecular flexibility index (Phi) is 6.40. The van der Waals surface area contributed by atoms with Crippen LogP contribution in [0.2, 0.25) is 0 Å². The minimum absolute atomic E-state index is 0.000314. The summed E-state index contributed by atoms with van der Waals surface area (Å²) in [5.41, 5.74) is 2.70. The highest BCUT2D eigenvalue weighted by Gasteiger charge is 2.30. The summed E-state index contributed by atoms with van der Waals surface area (Å²) >= 11 is 0. The van der Waals surface area contributed by atoms with Crippen molar-refractivity contribution in [3.05, 3.63) is 58.3 Å². The number of anilines is 1. The maximum Gasteiger partial charge on any atom is 0.337 e. The fourth-order valence-corrected chi connectivity index (χ4v) is 5.82. The summed E-state index contributed by atoms with van der Waals surface area (Å²) in [6.45, 7) is 6.67. The Bertz CT molecular complexity index is 1370. The molecule has 180 valence electrons. The number of sulfonamides is 1. The number of ether oxygens (including phenoxy) is 1. The van der Waals surface area contributed by atoms with Crippen molar-refractivity contribution in [3.8, 4) is 0 Å². The van der Waals surface area contributed by atoms with Crippen molar-refractivity contribution in [2.24, 2.45) is 0 Å². The van der Waals surface area contributed by atoms with Crippen molar-refractivity contribution in [3.63, 3.8) is 0 Å². The number of amides is 1. The number of piperidine rings is 1. The number of benzene rings is 2. The molecule has 0 unspecified atom stereocenters. The van der Waals surface area contributed by atoms with Crippen LogP contribution in [0.4, 0.5) is 5.69 Å². The lowest BCUT2D eigenvalue weighted by molar-refractivity contribution is 0.0600. The summed E-state index contributed by atoms with van der Waals surface area (Å²) in [5, 5.41) is 0.602. The van der Waals surface area contributed by atoms with E-state index in [9.17, 15) is 18.0 Å². The smallest absolute Gasteiger partial charge is 0.337 e. The number of nitrogens with one attached hydrogen (secondary N) is 1. The summed E-state index contributed by atoms with van der Waals surface area (Å²) in [6, 6.07) is 7.81. The Labute approximate surface area is 198 Å². The molecule has 0 aliphatic carbocycles. The second-order valence-corrected chi connectivity index (χ2v) is 10.2. The largest absolute Gasteiger partial charge is 0.465 e. The van der Waals surface area contributed by atoms with Gasteiger partial charge in [0.15, 0.2) is 11.3 Å². The SMILES string of the molecule is COC(=O)c1ccc(NS(=O)(=O)c2c(C)c(C)cc3c(C)c(C(=O)N4CCCCC4)oc23)cc1. The van der Waals surface area contributed by atoms with Gasteiger partial charge in [0.05, 0.1) is 12.7 Å². The average Bonchev–Trinajstić information content (AvgIpc) is 3.14. The number of hydrogen-bond donors (Lipinski definition) is 1. The second-order valence-electron chi connectivity index (χ2n) is 8.61. The number of methoxy groups -OCH3 is 1. The van der Waals surface area contributed by atoms with Gasteiger partial charge in [0.2, 0.25) is 0 Å². The fraction of sp³-hybridized carbons (Fsp3) is 0.360. The Morgan fingerprint density at radius 2 is 1.65 bits per heavy atom. The van der Waals surface area contributed by atoms with E-state index in [0.29, 0.717) is 35.2 Å². The van der Waals surface area contributed by atoms with Crippen LogP contribution < -0.4 is 4.72 Å². The van der Waals surface area contributed by atoms with E-state index in [0.717, 1.165) is 24.8 Å². The molecule has 0 bridgehead atoms. The zero-order valence-electron chi connectivity index (χ0n) is 19.7. The van der Waals surface area contributed by atoms with Crippen LogP contribution in [0.25, 0.3) is 11.0 Å². The van der Waals surface area contributed by atoms with Crippen LogP contribution in [0.15, 0.2) is 39.6 Å². The molecule has 1 aliphatic heterocycles. The van der Waals surface area contributed by atoms with Crippen molar-refractivity contribution in [2.75, 3.05) is 24.9 Å². The molecule has 1 fully saturated rings. The van der Waals surface area contributed by atoms with Gasteiger partial charge in [-0.2, -0.15) is 0 Å². The topological polar surface area (TPSA) is 106 Å². The van der Waals surface area contributed by atoms with E-state index in [-0.39, 0.29) is 27.8 Å². The number of fused-ring (bicyclic) bond motifs is 1. The number of esters is 1. The van der Waals surface area contributed by atoms with Gasteiger partial charge in [-0.1, -0.05) is 0 Å². The maximum absolute atomic E-state index is 13.5. The molecule has 9 heteroatoms. The summed E-state index contributed by atoms with van der Waals surface area (Å²) in [5.74, 6) is -0.540. The van der Waals surface area contributed by atoms with Gasteiger partial charge in [-0.25, -0.2) is 13.2 Å². The minimum atomic E-state index is -4.07. The van der Waals surface area contributed by atoms with E-state index in [4.69, 9.17) is 4.42 Å². The van der Waals surface area contributed by atoms with Crippen LogP contribution in [-0.2, 0) is 14.8 Å². The first kappa shape index (κ1) is 23.8. The van der Waals surface area contributed by atoms with Crippen molar-refractivity contribution >= 4 is 38.6 Å². The molecule has 3 aromatic rings. The molecule has 1 N–H and O–H groups in total. The van der Waals surface area contributed by atoms with Crippen molar-refractivity contribution < 1.29 is 27.2 Å². The highest BCUT2D eigenvalue weighted by molar-refractivity contribution is 7.93. The molecule has 34 heavy (non-hydrogen) atoms. The highest BCUT2D eigenvalue weighted by atomic mass is 32.2. The monoisotopic (exact) mass is 484 g/mol. The summed E-state index contributed by atoms with van der Waals surface area (Å²) in [4.78, 5) is 26.6. The van der Waals surface area contributed by atoms with Gasteiger partial charge in [0.1, 0.15) is 4.90 Å². The van der Waals surface area contributed by atoms with Gasteiger partial charge in [-0.3, -0.25) is 9.52 Å². The normalized spacial score (nSPS) is 14.3. The first-order valence-corrected chi connectivity index (χ1v) is 12.7. The zero-order valence-corrected chi connectivity index (χ0v) is 20.5. The predicted molar refractivity (Wildman–Crippen MR) is 129 cm³/mol. The molecule has 0 atom stereocenters. The van der Waals surface area contributed by atoms with E-state index < -0.39 is 16.0 Å². The van der Waals surface area contributed by atoms with Crippen molar-refractivity contribution in [2.45, 2.75) is 44.9 Å². The third-order valence-corrected chi connectivity index (χ3v) is 7.89. The maximum atomic E-state index is 13.5. The van der Waals surface area contributed by atoms with Crippen molar-refractivity contribution in [1.29, 1.82) is 0 Å². The fourth-order valence-electron chi connectivity index (χ4n) is 4.31. The Morgan fingerprint density at radius 1 is 1.00 bits per heavy atom. The van der Waals surface area contributed by atoms with Gasteiger partial charge in [-0.05, 0) is 81.5 Å². The quantitative estimate of drug-likeness (QED) is 0.532. The Hall–Kier alpha value is -3.33.